The third kappa shape index (κ3) is 4.87. The quantitative estimate of drug-likeness (QED) is 0.452. The van der Waals surface area contributed by atoms with Gasteiger partial charge in [0.15, 0.2) is 5.40 Å². The van der Waals surface area contributed by atoms with Crippen LogP contribution in [0.25, 0.3) is 0 Å². The number of nitrogens with one attached hydrogen (secondary N) is 1. The highest BCUT2D eigenvalue weighted by molar-refractivity contribution is 7.70. The highest BCUT2D eigenvalue weighted by Gasteiger charge is 2.43. The molecule has 0 amide bonds. The first-order valence-electron chi connectivity index (χ1n) is 5.09. The van der Waals surface area contributed by atoms with Gasteiger partial charge in [0.1, 0.15) is 0 Å². The molecule has 1 aliphatic heterocycles. The molecule has 17 heavy (non-hydrogen) atoms. The first-order chi connectivity index (χ1) is 7.71. The van der Waals surface area contributed by atoms with Crippen molar-refractivity contribution in [1.82, 2.24) is 5.32 Å². The summed E-state index contributed by atoms with van der Waals surface area (Å²) in [5.41, 5.74) is 0. The first kappa shape index (κ1) is 14.8. The Labute approximate surface area is 98.5 Å². The van der Waals surface area contributed by atoms with Crippen LogP contribution >= 0.6 is 15.2 Å². The molecule has 1 saturated heterocycles. The molecule has 0 aromatic rings. The van der Waals surface area contributed by atoms with E-state index < -0.39 is 27.1 Å². The van der Waals surface area contributed by atoms with Crippen molar-refractivity contribution in [2.75, 3.05) is 13.1 Å². The van der Waals surface area contributed by atoms with Crippen LogP contribution in [0.15, 0.2) is 4.99 Å². The molecule has 10 heteroatoms. The molecular formula is C7H16N2O6P2. The lowest BCUT2D eigenvalue weighted by molar-refractivity contribution is 0.339. The van der Waals surface area contributed by atoms with Crippen LogP contribution in [-0.2, 0) is 9.13 Å². The number of amidine groups is 1. The van der Waals surface area contributed by atoms with Crippen molar-refractivity contribution in [3.8, 4) is 0 Å². The first-order valence-corrected chi connectivity index (χ1v) is 8.45. The summed E-state index contributed by atoms with van der Waals surface area (Å²) in [6.07, 6.45) is 2.52. The molecule has 8 nitrogen and oxygen atoms in total. The second-order valence-electron chi connectivity index (χ2n) is 3.83. The number of aliphatic imine (C=N–C) groups is 1. The second kappa shape index (κ2) is 5.61. The van der Waals surface area contributed by atoms with Crippen molar-refractivity contribution in [2.45, 2.75) is 24.7 Å². The molecule has 0 atom stereocenters. The van der Waals surface area contributed by atoms with Gasteiger partial charge in [0.25, 0.3) is 0 Å². The molecule has 5 N–H and O–H groups in total. The summed E-state index contributed by atoms with van der Waals surface area (Å²) >= 11 is 0. The summed E-state index contributed by atoms with van der Waals surface area (Å²) < 4.78 is 21.9. The van der Waals surface area contributed by atoms with Gasteiger partial charge in [-0.15, -0.1) is 0 Å². The third-order valence-corrected chi connectivity index (χ3v) is 6.08. The Bertz CT molecular complexity index is 356. The molecule has 1 aliphatic rings. The molecule has 0 spiro atoms. The van der Waals surface area contributed by atoms with Gasteiger partial charge in [-0.1, -0.05) is 0 Å². The van der Waals surface area contributed by atoms with E-state index in [1.54, 1.807) is 0 Å². The average Bonchev–Trinajstić information content (AvgIpc) is 2.15. The Morgan fingerprint density at radius 2 is 1.76 bits per heavy atom. The van der Waals surface area contributed by atoms with Gasteiger partial charge < -0.3 is 24.9 Å². The molecule has 0 bridgehead atoms. The van der Waals surface area contributed by atoms with Crippen LogP contribution in [0.3, 0.4) is 0 Å². The zero-order valence-electron chi connectivity index (χ0n) is 9.06. The molecule has 0 unspecified atom stereocenters. The van der Waals surface area contributed by atoms with Crippen molar-refractivity contribution in [2.24, 2.45) is 4.99 Å². The lowest BCUT2D eigenvalue weighted by atomic mass is 10.1. The van der Waals surface area contributed by atoms with Crippen LogP contribution in [0, 0.1) is 0 Å². The van der Waals surface area contributed by atoms with Crippen LogP contribution in [0.1, 0.15) is 19.3 Å². The molecule has 0 aliphatic carbocycles. The fraction of sp³-hybridized carbons (Fsp3) is 0.857. The zero-order chi connectivity index (χ0) is 13.1. The normalized spacial score (nSPS) is 20.6. The van der Waals surface area contributed by atoms with Crippen LogP contribution in [0.4, 0.5) is 0 Å². The average molecular weight is 286 g/mol. The molecule has 0 aromatic carbocycles. The maximum Gasteiger partial charge on any atom is 0.342 e. The monoisotopic (exact) mass is 286 g/mol. The molecule has 1 heterocycles. The van der Waals surface area contributed by atoms with Gasteiger partial charge >= 0.3 is 15.2 Å². The van der Waals surface area contributed by atoms with E-state index in [0.29, 0.717) is 12.3 Å². The van der Waals surface area contributed by atoms with Crippen molar-refractivity contribution in [3.05, 3.63) is 0 Å². The number of hydrogen-bond donors (Lipinski definition) is 5. The minimum absolute atomic E-state index is 0.545. The minimum atomic E-state index is -4.86. The van der Waals surface area contributed by atoms with Crippen molar-refractivity contribution in [3.63, 3.8) is 0 Å². The van der Waals surface area contributed by atoms with Crippen LogP contribution < -0.4 is 5.32 Å². The Morgan fingerprint density at radius 1 is 1.18 bits per heavy atom. The second-order valence-corrected chi connectivity index (χ2v) is 7.84. The topological polar surface area (TPSA) is 139 Å². The van der Waals surface area contributed by atoms with Gasteiger partial charge in [0.05, 0.1) is 12.4 Å². The van der Waals surface area contributed by atoms with Crippen molar-refractivity contribution < 1.29 is 28.7 Å². The van der Waals surface area contributed by atoms with Crippen LogP contribution in [0.2, 0.25) is 0 Å². The van der Waals surface area contributed by atoms with Gasteiger partial charge in [-0.2, -0.15) is 0 Å². The predicted octanol–water partition coefficient (Wildman–Crippen LogP) is -0.160. The fourth-order valence-electron chi connectivity index (χ4n) is 1.47. The molecule has 0 saturated carbocycles. The summed E-state index contributed by atoms with van der Waals surface area (Å²) in [6.45, 7) is 0.145. The third-order valence-electron chi connectivity index (χ3n) is 2.39. The van der Waals surface area contributed by atoms with E-state index in [0.717, 1.165) is 19.4 Å². The van der Waals surface area contributed by atoms with Gasteiger partial charge in [0.2, 0.25) is 0 Å². The molecule has 100 valence electrons. The highest BCUT2D eigenvalue weighted by Crippen LogP contribution is 2.59. The summed E-state index contributed by atoms with van der Waals surface area (Å²) in [6, 6.07) is 0. The van der Waals surface area contributed by atoms with E-state index in [2.05, 4.69) is 10.3 Å². The van der Waals surface area contributed by atoms with Gasteiger partial charge in [-0.25, -0.2) is 0 Å². The number of rotatable bonds is 4. The number of hydrogen-bond acceptors (Lipinski definition) is 3. The summed E-state index contributed by atoms with van der Waals surface area (Å²) in [7, 11) is -9.73. The lowest BCUT2D eigenvalue weighted by Crippen LogP contribution is -2.30. The van der Waals surface area contributed by atoms with Gasteiger partial charge in [0, 0.05) is 13.0 Å². The largest absolute Gasteiger partial charge is 0.374 e. The number of piperidine rings is 1. The van der Waals surface area contributed by atoms with E-state index in [1.807, 2.05) is 0 Å². The highest BCUT2D eigenvalue weighted by atomic mass is 31.2. The Hall–Kier alpha value is -0.230. The standard InChI is InChI=1S/C7H16N2O6P2/c10-16(11,12)7(17(13,14)15)5-9-6-3-1-2-4-8-6/h7H,1-5H2,(H,8,9)(H2,10,11,12)(H2,13,14,15). The summed E-state index contributed by atoms with van der Waals surface area (Å²) in [4.78, 5) is 39.3. The van der Waals surface area contributed by atoms with Crippen molar-refractivity contribution in [1.29, 1.82) is 0 Å². The number of nitrogens with zero attached hydrogens (tertiary/aromatic N) is 1. The van der Waals surface area contributed by atoms with Crippen LogP contribution in [0.5, 0.6) is 0 Å². The van der Waals surface area contributed by atoms with Gasteiger partial charge in [-0.3, -0.25) is 14.1 Å². The molecular weight excluding hydrogens is 270 g/mol. The van der Waals surface area contributed by atoms with E-state index in [-0.39, 0.29) is 0 Å². The molecule has 0 aromatic heterocycles. The summed E-state index contributed by atoms with van der Waals surface area (Å²) in [5, 5.41) is 0.872. The maximum atomic E-state index is 11.0. The van der Waals surface area contributed by atoms with E-state index >= 15 is 0 Å². The fourth-order valence-corrected chi connectivity index (χ4v) is 3.63. The SMILES string of the molecule is O=P(O)(O)C(CN=C1CCCCN1)P(=O)(O)O. The van der Waals surface area contributed by atoms with E-state index in [1.165, 1.54) is 0 Å². The van der Waals surface area contributed by atoms with E-state index in [4.69, 9.17) is 19.6 Å². The smallest absolute Gasteiger partial charge is 0.342 e. The van der Waals surface area contributed by atoms with Crippen molar-refractivity contribution >= 4 is 21.0 Å². The predicted molar refractivity (Wildman–Crippen MR) is 62.0 cm³/mol. The van der Waals surface area contributed by atoms with E-state index in [9.17, 15) is 9.13 Å². The Morgan fingerprint density at radius 3 is 2.18 bits per heavy atom. The summed E-state index contributed by atoms with van der Waals surface area (Å²) in [5.74, 6) is 0.545. The Balaban J connectivity index is 2.74. The minimum Gasteiger partial charge on any atom is -0.374 e. The maximum absolute atomic E-state index is 11.0. The zero-order valence-corrected chi connectivity index (χ0v) is 10.8. The molecule has 0 radical (unpaired) electrons. The molecule has 1 rings (SSSR count). The Kier molecular flexibility index (Phi) is 4.89. The van der Waals surface area contributed by atoms with Crippen LogP contribution in [-0.4, -0.2) is 43.9 Å². The lowest BCUT2D eigenvalue weighted by Gasteiger charge is -2.20. The molecule has 1 fully saturated rings. The van der Waals surface area contributed by atoms with Gasteiger partial charge in [-0.05, 0) is 12.8 Å².